The van der Waals surface area contributed by atoms with Crippen LogP contribution in [-0.4, -0.2) is 24.0 Å². The molecule has 3 rings (SSSR count). The molecule has 0 aliphatic carbocycles. The summed E-state index contributed by atoms with van der Waals surface area (Å²) in [5.74, 6) is -0.667. The molecular weight excluding hydrogens is 356 g/mol. The third-order valence-corrected chi connectivity index (χ3v) is 4.76. The lowest BCUT2D eigenvalue weighted by atomic mass is 10.1. The summed E-state index contributed by atoms with van der Waals surface area (Å²) < 4.78 is 31.6. The third-order valence-electron chi connectivity index (χ3n) is 3.91. The Balaban J connectivity index is 1.99. The average Bonchev–Trinajstić information content (AvgIpc) is 2.55. The van der Waals surface area contributed by atoms with Crippen LogP contribution in [0.25, 0.3) is 10.8 Å². The predicted molar refractivity (Wildman–Crippen MR) is 99.0 cm³/mol. The molecule has 0 unspecified atom stereocenters. The number of rotatable bonds is 3. The van der Waals surface area contributed by atoms with E-state index in [1.165, 1.54) is 18.2 Å². The zero-order valence-corrected chi connectivity index (χ0v) is 14.5. The molecule has 8 heteroatoms. The van der Waals surface area contributed by atoms with Crippen LogP contribution < -0.4 is 11.1 Å². The van der Waals surface area contributed by atoms with E-state index in [0.29, 0.717) is 22.3 Å². The number of fused-ring (bicyclic) bond motifs is 1. The summed E-state index contributed by atoms with van der Waals surface area (Å²) in [6, 6.07) is 11.7. The van der Waals surface area contributed by atoms with Crippen molar-refractivity contribution in [2.75, 3.05) is 11.1 Å². The summed E-state index contributed by atoms with van der Waals surface area (Å²) in [6.07, 6.45) is 0. The van der Waals surface area contributed by atoms with Gasteiger partial charge in [0.15, 0.2) is 0 Å². The van der Waals surface area contributed by atoms with Gasteiger partial charge in [0.05, 0.1) is 10.5 Å². The van der Waals surface area contributed by atoms with Gasteiger partial charge in [0.25, 0.3) is 16.0 Å². The Kier molecular flexibility index (Phi) is 4.31. The van der Waals surface area contributed by atoms with Gasteiger partial charge in [0, 0.05) is 22.8 Å². The molecular formula is C18H16N2O5S. The van der Waals surface area contributed by atoms with Crippen LogP contribution >= 0.6 is 0 Å². The summed E-state index contributed by atoms with van der Waals surface area (Å²) in [4.78, 5) is 12.1. The first-order valence-corrected chi connectivity index (χ1v) is 9.01. The number of phenols is 1. The number of carbonyl (C=O) groups excluding carboxylic acids is 1. The van der Waals surface area contributed by atoms with E-state index in [1.54, 1.807) is 24.3 Å². The van der Waals surface area contributed by atoms with Crippen LogP contribution in [0.2, 0.25) is 0 Å². The molecule has 5 N–H and O–H groups in total. The molecule has 3 aromatic carbocycles. The molecule has 1 amide bonds. The number of hydrogen-bond acceptors (Lipinski definition) is 5. The van der Waals surface area contributed by atoms with Crippen molar-refractivity contribution in [3.05, 3.63) is 59.7 Å². The van der Waals surface area contributed by atoms with Crippen LogP contribution in [0.1, 0.15) is 15.9 Å². The Morgan fingerprint density at radius 2 is 1.81 bits per heavy atom. The summed E-state index contributed by atoms with van der Waals surface area (Å²) >= 11 is 0. The fraction of sp³-hybridized carbons (Fsp3) is 0.0556. The number of amides is 1. The quantitative estimate of drug-likeness (QED) is 0.413. The highest BCUT2D eigenvalue weighted by Crippen LogP contribution is 2.31. The predicted octanol–water partition coefficient (Wildman–Crippen LogP) is 2.94. The largest absolute Gasteiger partial charge is 0.507 e. The van der Waals surface area contributed by atoms with Crippen molar-refractivity contribution < 1.29 is 22.9 Å². The fourth-order valence-electron chi connectivity index (χ4n) is 2.62. The monoisotopic (exact) mass is 372 g/mol. The molecule has 0 saturated carbocycles. The molecule has 7 nitrogen and oxygen atoms in total. The van der Waals surface area contributed by atoms with Crippen LogP contribution in [-0.2, 0) is 10.1 Å². The highest BCUT2D eigenvalue weighted by Gasteiger charge is 2.14. The van der Waals surface area contributed by atoms with Crippen molar-refractivity contribution in [3.63, 3.8) is 0 Å². The van der Waals surface area contributed by atoms with E-state index in [0.717, 1.165) is 11.6 Å². The Hall–Kier alpha value is -3.10. The highest BCUT2D eigenvalue weighted by molar-refractivity contribution is 7.85. The zero-order valence-electron chi connectivity index (χ0n) is 13.7. The lowest BCUT2D eigenvalue weighted by Gasteiger charge is -2.11. The molecule has 0 aliphatic rings. The Morgan fingerprint density at radius 3 is 2.50 bits per heavy atom. The lowest BCUT2D eigenvalue weighted by Crippen LogP contribution is -2.14. The molecule has 134 valence electrons. The van der Waals surface area contributed by atoms with Gasteiger partial charge in [-0.2, -0.15) is 8.42 Å². The Labute approximate surface area is 149 Å². The summed E-state index contributed by atoms with van der Waals surface area (Å²) in [5.41, 5.74) is 7.67. The smallest absolute Gasteiger partial charge is 0.294 e. The van der Waals surface area contributed by atoms with E-state index >= 15 is 0 Å². The van der Waals surface area contributed by atoms with Gasteiger partial charge < -0.3 is 16.2 Å². The SMILES string of the molecule is Cc1ccc(N)c(C(=O)Nc2cc(O)c3cc(S(=O)(=O)O)ccc3c2)c1. The van der Waals surface area contributed by atoms with Gasteiger partial charge in [-0.05, 0) is 42.6 Å². The molecule has 3 aromatic rings. The maximum Gasteiger partial charge on any atom is 0.294 e. The van der Waals surface area contributed by atoms with Gasteiger partial charge in [-0.25, -0.2) is 0 Å². The van der Waals surface area contributed by atoms with Crippen molar-refractivity contribution >= 4 is 38.2 Å². The second-order valence-corrected chi connectivity index (χ2v) is 7.32. The number of aromatic hydroxyl groups is 1. The molecule has 0 fully saturated rings. The number of nitrogen functional groups attached to an aromatic ring is 1. The molecule has 0 atom stereocenters. The van der Waals surface area contributed by atoms with Crippen LogP contribution in [0.4, 0.5) is 11.4 Å². The van der Waals surface area contributed by atoms with Crippen LogP contribution in [0.15, 0.2) is 53.4 Å². The molecule has 0 saturated heterocycles. The number of aryl methyl sites for hydroxylation is 1. The van der Waals surface area contributed by atoms with Crippen molar-refractivity contribution in [1.29, 1.82) is 0 Å². The first-order valence-electron chi connectivity index (χ1n) is 7.57. The number of carbonyl (C=O) groups is 1. The summed E-state index contributed by atoms with van der Waals surface area (Å²) in [7, 11) is -4.38. The minimum Gasteiger partial charge on any atom is -0.507 e. The molecule has 0 spiro atoms. The Bertz CT molecular complexity index is 1140. The number of nitrogens with two attached hydrogens (primary N) is 1. The standard InChI is InChI=1S/C18H16N2O5S/c1-10-2-5-16(19)15(6-10)18(22)20-12-7-11-3-4-13(26(23,24)25)9-14(11)17(21)8-12/h2-9,21H,19H2,1H3,(H,20,22)(H,23,24,25). The van der Waals surface area contributed by atoms with E-state index in [9.17, 15) is 18.3 Å². The first kappa shape index (κ1) is 17.7. The number of hydrogen-bond donors (Lipinski definition) is 4. The topological polar surface area (TPSA) is 130 Å². The zero-order chi connectivity index (χ0) is 19.1. The maximum atomic E-state index is 12.4. The van der Waals surface area contributed by atoms with Gasteiger partial charge in [0.2, 0.25) is 0 Å². The van der Waals surface area contributed by atoms with E-state index in [1.807, 2.05) is 6.92 Å². The van der Waals surface area contributed by atoms with Gasteiger partial charge >= 0.3 is 0 Å². The van der Waals surface area contributed by atoms with Gasteiger partial charge in [-0.15, -0.1) is 0 Å². The van der Waals surface area contributed by atoms with E-state index < -0.39 is 16.0 Å². The minimum atomic E-state index is -4.38. The van der Waals surface area contributed by atoms with Crippen LogP contribution in [0, 0.1) is 6.92 Å². The van der Waals surface area contributed by atoms with Gasteiger partial charge in [-0.1, -0.05) is 17.7 Å². The number of anilines is 2. The molecule has 26 heavy (non-hydrogen) atoms. The minimum absolute atomic E-state index is 0.230. The Morgan fingerprint density at radius 1 is 1.08 bits per heavy atom. The van der Waals surface area contributed by atoms with E-state index in [-0.39, 0.29) is 16.0 Å². The van der Waals surface area contributed by atoms with E-state index in [2.05, 4.69) is 5.32 Å². The highest BCUT2D eigenvalue weighted by atomic mass is 32.2. The normalized spacial score (nSPS) is 11.5. The van der Waals surface area contributed by atoms with E-state index in [4.69, 9.17) is 10.3 Å². The third kappa shape index (κ3) is 3.46. The van der Waals surface area contributed by atoms with Crippen molar-refractivity contribution in [1.82, 2.24) is 0 Å². The van der Waals surface area contributed by atoms with Crippen LogP contribution in [0.5, 0.6) is 5.75 Å². The van der Waals surface area contributed by atoms with Crippen molar-refractivity contribution in [2.24, 2.45) is 0 Å². The number of benzene rings is 3. The van der Waals surface area contributed by atoms with Crippen LogP contribution in [0.3, 0.4) is 0 Å². The molecule has 0 aromatic heterocycles. The second kappa shape index (κ2) is 6.32. The summed E-state index contributed by atoms with van der Waals surface area (Å²) in [6.45, 7) is 1.84. The summed E-state index contributed by atoms with van der Waals surface area (Å²) in [5, 5.41) is 13.5. The lowest BCUT2D eigenvalue weighted by molar-refractivity contribution is 0.102. The van der Waals surface area contributed by atoms with Crippen molar-refractivity contribution in [2.45, 2.75) is 11.8 Å². The average molecular weight is 372 g/mol. The van der Waals surface area contributed by atoms with Gasteiger partial charge in [0.1, 0.15) is 5.75 Å². The van der Waals surface area contributed by atoms with Gasteiger partial charge in [-0.3, -0.25) is 9.35 Å². The maximum absolute atomic E-state index is 12.4. The first-order chi connectivity index (χ1) is 12.1. The molecule has 0 heterocycles. The van der Waals surface area contributed by atoms with Crippen molar-refractivity contribution in [3.8, 4) is 5.75 Å². The molecule has 0 aliphatic heterocycles. The number of phenolic OH excluding ortho intramolecular Hbond substituents is 1. The number of nitrogens with one attached hydrogen (secondary N) is 1. The second-order valence-electron chi connectivity index (χ2n) is 5.90. The molecule has 0 radical (unpaired) electrons. The fourth-order valence-corrected chi connectivity index (χ4v) is 3.12. The molecule has 0 bridgehead atoms.